The van der Waals surface area contributed by atoms with E-state index in [9.17, 15) is 26.7 Å². The summed E-state index contributed by atoms with van der Waals surface area (Å²) in [7, 11) is 0. The third-order valence-corrected chi connectivity index (χ3v) is 3.43. The van der Waals surface area contributed by atoms with Gasteiger partial charge in [0.2, 0.25) is 0 Å². The SMILES string of the molecule is O=C(Nc1cc(Cl)c(F)c(Cl)c1F)c1ccc(C(F)(F)F)cc1. The van der Waals surface area contributed by atoms with Crippen LogP contribution in [-0.2, 0) is 6.18 Å². The van der Waals surface area contributed by atoms with Gasteiger partial charge in [-0.1, -0.05) is 23.2 Å². The fourth-order valence-corrected chi connectivity index (χ4v) is 2.12. The van der Waals surface area contributed by atoms with Gasteiger partial charge in [0.05, 0.1) is 16.3 Å². The Kier molecular flexibility index (Phi) is 4.81. The van der Waals surface area contributed by atoms with Gasteiger partial charge < -0.3 is 5.32 Å². The number of benzene rings is 2. The van der Waals surface area contributed by atoms with Crippen LogP contribution in [0.3, 0.4) is 0 Å². The lowest BCUT2D eigenvalue weighted by Gasteiger charge is -2.10. The maximum atomic E-state index is 13.7. The first kappa shape index (κ1) is 17.5. The van der Waals surface area contributed by atoms with E-state index < -0.39 is 45.0 Å². The van der Waals surface area contributed by atoms with Crippen molar-refractivity contribution in [2.75, 3.05) is 5.32 Å². The molecular weight excluding hydrogens is 364 g/mol. The molecule has 2 nitrogen and oxygen atoms in total. The van der Waals surface area contributed by atoms with Gasteiger partial charge in [0.25, 0.3) is 5.91 Å². The Morgan fingerprint density at radius 2 is 1.57 bits per heavy atom. The Balaban J connectivity index is 2.26. The molecule has 122 valence electrons. The quantitative estimate of drug-likeness (QED) is 0.420. The molecule has 0 saturated carbocycles. The molecule has 0 fully saturated rings. The number of amides is 1. The van der Waals surface area contributed by atoms with Crippen LogP contribution in [0.1, 0.15) is 15.9 Å². The lowest BCUT2D eigenvalue weighted by Crippen LogP contribution is -2.14. The fourth-order valence-electron chi connectivity index (χ4n) is 1.67. The smallest absolute Gasteiger partial charge is 0.319 e. The average molecular weight is 370 g/mol. The number of carbonyl (C=O) groups is 1. The number of carbonyl (C=O) groups excluding carboxylic acids is 1. The lowest BCUT2D eigenvalue weighted by atomic mass is 10.1. The van der Waals surface area contributed by atoms with Crippen LogP contribution in [0.4, 0.5) is 27.6 Å². The molecule has 0 atom stereocenters. The molecule has 0 aromatic heterocycles. The molecular formula is C14H6Cl2F5NO. The Labute approximate surface area is 136 Å². The molecule has 23 heavy (non-hydrogen) atoms. The highest BCUT2D eigenvalue weighted by atomic mass is 35.5. The van der Waals surface area contributed by atoms with Crippen molar-refractivity contribution < 1.29 is 26.7 Å². The first-order valence-corrected chi connectivity index (χ1v) is 6.68. The van der Waals surface area contributed by atoms with Crippen molar-refractivity contribution in [3.05, 3.63) is 63.1 Å². The van der Waals surface area contributed by atoms with Crippen molar-refractivity contribution in [1.29, 1.82) is 0 Å². The van der Waals surface area contributed by atoms with E-state index in [1.807, 2.05) is 0 Å². The predicted octanol–water partition coefficient (Wildman–Crippen LogP) is 5.54. The van der Waals surface area contributed by atoms with Crippen molar-refractivity contribution in [1.82, 2.24) is 0 Å². The zero-order valence-electron chi connectivity index (χ0n) is 10.9. The monoisotopic (exact) mass is 369 g/mol. The number of hydrogen-bond acceptors (Lipinski definition) is 1. The predicted molar refractivity (Wildman–Crippen MR) is 75.8 cm³/mol. The molecule has 9 heteroatoms. The second-order valence-corrected chi connectivity index (χ2v) is 5.16. The van der Waals surface area contributed by atoms with Crippen LogP contribution >= 0.6 is 23.2 Å². The number of nitrogens with one attached hydrogen (secondary N) is 1. The van der Waals surface area contributed by atoms with Crippen LogP contribution in [-0.4, -0.2) is 5.91 Å². The van der Waals surface area contributed by atoms with Crippen LogP contribution < -0.4 is 5.32 Å². The molecule has 2 aromatic carbocycles. The molecule has 0 radical (unpaired) electrons. The molecule has 0 aliphatic carbocycles. The lowest BCUT2D eigenvalue weighted by molar-refractivity contribution is -0.137. The summed E-state index contributed by atoms with van der Waals surface area (Å²) in [6, 6.07) is 4.05. The molecule has 0 saturated heterocycles. The molecule has 0 aliphatic heterocycles. The van der Waals surface area contributed by atoms with E-state index in [0.717, 1.165) is 18.2 Å². The third kappa shape index (κ3) is 3.73. The molecule has 0 heterocycles. The molecule has 0 aliphatic rings. The third-order valence-electron chi connectivity index (χ3n) is 2.83. The fraction of sp³-hybridized carbons (Fsp3) is 0.0714. The van der Waals surface area contributed by atoms with Gasteiger partial charge in [-0.05, 0) is 30.3 Å². The van der Waals surface area contributed by atoms with Crippen molar-refractivity contribution in [3.63, 3.8) is 0 Å². The van der Waals surface area contributed by atoms with Gasteiger partial charge in [0, 0.05) is 5.56 Å². The highest BCUT2D eigenvalue weighted by Crippen LogP contribution is 2.32. The van der Waals surface area contributed by atoms with Gasteiger partial charge >= 0.3 is 6.18 Å². The maximum absolute atomic E-state index is 13.7. The number of alkyl halides is 3. The number of anilines is 1. The largest absolute Gasteiger partial charge is 0.416 e. The van der Waals surface area contributed by atoms with Crippen molar-refractivity contribution in [2.24, 2.45) is 0 Å². The molecule has 1 amide bonds. The van der Waals surface area contributed by atoms with E-state index in [4.69, 9.17) is 23.2 Å². The van der Waals surface area contributed by atoms with Crippen molar-refractivity contribution in [3.8, 4) is 0 Å². The van der Waals surface area contributed by atoms with Crippen LogP contribution in [0, 0.1) is 11.6 Å². The minimum Gasteiger partial charge on any atom is -0.319 e. The summed E-state index contributed by atoms with van der Waals surface area (Å²) in [5, 5.41) is 0.646. The summed E-state index contributed by atoms with van der Waals surface area (Å²) in [6.07, 6.45) is -4.54. The van der Waals surface area contributed by atoms with Crippen molar-refractivity contribution >= 4 is 34.8 Å². The van der Waals surface area contributed by atoms with E-state index in [1.165, 1.54) is 0 Å². The van der Waals surface area contributed by atoms with Gasteiger partial charge in [0.1, 0.15) is 5.02 Å². The van der Waals surface area contributed by atoms with E-state index >= 15 is 0 Å². The van der Waals surface area contributed by atoms with E-state index in [2.05, 4.69) is 5.32 Å². The van der Waals surface area contributed by atoms with E-state index in [1.54, 1.807) is 0 Å². The van der Waals surface area contributed by atoms with Crippen LogP contribution in [0.2, 0.25) is 10.0 Å². The Hall–Kier alpha value is -1.86. The molecule has 0 spiro atoms. The van der Waals surface area contributed by atoms with E-state index in [0.29, 0.717) is 12.1 Å². The van der Waals surface area contributed by atoms with E-state index in [-0.39, 0.29) is 5.56 Å². The summed E-state index contributed by atoms with van der Waals surface area (Å²) in [6.45, 7) is 0. The highest BCUT2D eigenvalue weighted by molar-refractivity contribution is 6.35. The summed E-state index contributed by atoms with van der Waals surface area (Å²) in [4.78, 5) is 11.9. The normalized spacial score (nSPS) is 11.4. The van der Waals surface area contributed by atoms with Crippen molar-refractivity contribution in [2.45, 2.75) is 6.18 Å². The topological polar surface area (TPSA) is 29.1 Å². The summed E-state index contributed by atoms with van der Waals surface area (Å²) in [5.41, 5.74) is -1.59. The summed E-state index contributed by atoms with van der Waals surface area (Å²) in [5.74, 6) is -3.33. The number of rotatable bonds is 2. The molecule has 2 rings (SSSR count). The second kappa shape index (κ2) is 6.33. The minimum absolute atomic E-state index is 0.158. The summed E-state index contributed by atoms with van der Waals surface area (Å²) < 4.78 is 64.3. The van der Waals surface area contributed by atoms with Gasteiger partial charge in [-0.3, -0.25) is 4.79 Å². The Bertz CT molecular complexity index is 759. The average Bonchev–Trinajstić information content (AvgIpc) is 2.49. The van der Waals surface area contributed by atoms with Gasteiger partial charge in [-0.2, -0.15) is 13.2 Å². The second-order valence-electron chi connectivity index (χ2n) is 4.38. The van der Waals surface area contributed by atoms with Crippen LogP contribution in [0.15, 0.2) is 30.3 Å². The molecule has 2 aromatic rings. The molecule has 0 unspecified atom stereocenters. The molecule has 1 N–H and O–H groups in total. The number of hydrogen-bond donors (Lipinski definition) is 1. The van der Waals surface area contributed by atoms with Gasteiger partial charge in [-0.25, -0.2) is 8.78 Å². The standard InChI is InChI=1S/C14H6Cl2F5NO/c15-8-5-9(12(18)10(16)11(8)17)22-13(23)6-1-3-7(4-2-6)14(19,20)21/h1-5H,(H,22,23). The zero-order valence-corrected chi connectivity index (χ0v) is 12.5. The zero-order chi connectivity index (χ0) is 17.4. The number of halogens is 7. The van der Waals surface area contributed by atoms with Gasteiger partial charge in [0.15, 0.2) is 11.6 Å². The maximum Gasteiger partial charge on any atom is 0.416 e. The first-order valence-electron chi connectivity index (χ1n) is 5.93. The Morgan fingerprint density at radius 1 is 1.00 bits per heavy atom. The van der Waals surface area contributed by atoms with Gasteiger partial charge in [-0.15, -0.1) is 0 Å². The van der Waals surface area contributed by atoms with Crippen LogP contribution in [0.5, 0.6) is 0 Å². The highest BCUT2D eigenvalue weighted by Gasteiger charge is 2.30. The Morgan fingerprint density at radius 3 is 2.09 bits per heavy atom. The minimum atomic E-state index is -4.54. The first-order chi connectivity index (χ1) is 10.6. The summed E-state index contributed by atoms with van der Waals surface area (Å²) >= 11 is 10.9. The van der Waals surface area contributed by atoms with Crippen LogP contribution in [0.25, 0.3) is 0 Å². The molecule has 0 bridgehead atoms.